The molecule has 0 radical (unpaired) electrons. The molecule has 18 heavy (non-hydrogen) atoms. The Morgan fingerprint density at radius 3 is 1.94 bits per heavy atom. The molecular weight excluding hydrogens is 236 g/mol. The summed E-state index contributed by atoms with van der Waals surface area (Å²) in [6.07, 6.45) is 4.70. The Hall–Kier alpha value is -0.690. The van der Waals surface area contributed by atoms with Gasteiger partial charge in [0.1, 0.15) is 0 Å². The van der Waals surface area contributed by atoms with Crippen molar-refractivity contribution in [1.29, 1.82) is 0 Å². The molecule has 1 unspecified atom stereocenters. The van der Waals surface area contributed by atoms with Gasteiger partial charge in [-0.15, -0.1) is 11.8 Å². The van der Waals surface area contributed by atoms with Crippen molar-refractivity contribution in [2.24, 2.45) is 10.8 Å². The first kappa shape index (κ1) is 15.4. The van der Waals surface area contributed by atoms with Gasteiger partial charge in [-0.25, -0.2) is 0 Å². The Morgan fingerprint density at radius 2 is 1.50 bits per heavy atom. The van der Waals surface area contributed by atoms with E-state index in [1.807, 2.05) is 11.8 Å². The zero-order valence-electron chi connectivity index (χ0n) is 12.5. The highest BCUT2D eigenvalue weighted by atomic mass is 32.2. The van der Waals surface area contributed by atoms with Crippen LogP contribution >= 0.6 is 11.8 Å². The Bertz CT molecular complexity index is 376. The van der Waals surface area contributed by atoms with Gasteiger partial charge in [0, 0.05) is 10.1 Å². The minimum atomic E-state index is 0.251. The van der Waals surface area contributed by atoms with Crippen molar-refractivity contribution in [2.75, 3.05) is 0 Å². The highest BCUT2D eigenvalue weighted by Gasteiger charge is 2.23. The lowest BCUT2D eigenvalue weighted by atomic mass is 9.88. The molecule has 0 bridgehead atoms. The Balaban J connectivity index is 2.84. The molecule has 1 atom stereocenters. The van der Waals surface area contributed by atoms with E-state index in [4.69, 9.17) is 0 Å². The Kier molecular flexibility index (Phi) is 5.10. The van der Waals surface area contributed by atoms with Gasteiger partial charge in [-0.3, -0.25) is 0 Å². The van der Waals surface area contributed by atoms with Crippen molar-refractivity contribution in [3.8, 4) is 0 Å². The van der Waals surface area contributed by atoms with Gasteiger partial charge in [-0.1, -0.05) is 71.9 Å². The molecule has 1 rings (SSSR count). The van der Waals surface area contributed by atoms with Crippen LogP contribution in [0.1, 0.15) is 41.5 Å². The fourth-order valence-electron chi connectivity index (χ4n) is 1.53. The van der Waals surface area contributed by atoms with E-state index in [-0.39, 0.29) is 10.8 Å². The lowest BCUT2D eigenvalue weighted by Crippen LogP contribution is -2.21. The maximum absolute atomic E-state index is 2.37. The van der Waals surface area contributed by atoms with Crippen LogP contribution in [0.2, 0.25) is 0 Å². The standard InChI is InChI=1S/C17H26S/c1-16(2,3)13-12-15(17(4,5)6)18-14-10-8-7-9-11-14/h7-13,15H,1-6H3/b13-12+. The SMILES string of the molecule is CC(C)(C)/C=C/C(Sc1ccccc1)C(C)(C)C. The molecule has 1 heteroatoms. The van der Waals surface area contributed by atoms with Crippen molar-refractivity contribution in [3.05, 3.63) is 42.5 Å². The summed E-state index contributed by atoms with van der Waals surface area (Å²) in [5.74, 6) is 0. The molecule has 0 aromatic heterocycles. The van der Waals surface area contributed by atoms with Gasteiger partial charge in [0.2, 0.25) is 0 Å². The Labute approximate surface area is 117 Å². The van der Waals surface area contributed by atoms with Crippen LogP contribution in [0.4, 0.5) is 0 Å². The summed E-state index contributed by atoms with van der Waals surface area (Å²) in [6, 6.07) is 10.7. The molecule has 0 heterocycles. The zero-order chi connectivity index (χ0) is 13.8. The normalized spacial score (nSPS) is 15.0. The minimum absolute atomic E-state index is 0.251. The summed E-state index contributed by atoms with van der Waals surface area (Å²) in [4.78, 5) is 1.34. The second kappa shape index (κ2) is 5.97. The first-order valence-electron chi connectivity index (χ1n) is 6.59. The molecule has 100 valence electrons. The quantitative estimate of drug-likeness (QED) is 0.490. The minimum Gasteiger partial charge on any atom is -0.118 e. The number of benzene rings is 1. The fraction of sp³-hybridized carbons (Fsp3) is 0.529. The third kappa shape index (κ3) is 5.77. The molecule has 0 saturated heterocycles. The average molecular weight is 262 g/mol. The van der Waals surface area contributed by atoms with Gasteiger partial charge in [0.25, 0.3) is 0 Å². The first-order chi connectivity index (χ1) is 8.18. The molecule has 0 N–H and O–H groups in total. The van der Waals surface area contributed by atoms with E-state index in [0.717, 1.165) is 0 Å². The van der Waals surface area contributed by atoms with Crippen molar-refractivity contribution in [3.63, 3.8) is 0 Å². The maximum atomic E-state index is 2.37. The van der Waals surface area contributed by atoms with Crippen LogP contribution in [-0.4, -0.2) is 5.25 Å². The number of hydrogen-bond donors (Lipinski definition) is 0. The highest BCUT2D eigenvalue weighted by molar-refractivity contribution is 8.00. The van der Waals surface area contributed by atoms with Gasteiger partial charge in [-0.05, 0) is 23.0 Å². The van der Waals surface area contributed by atoms with Gasteiger partial charge >= 0.3 is 0 Å². The molecule has 0 spiro atoms. The number of hydrogen-bond acceptors (Lipinski definition) is 1. The number of rotatable bonds is 3. The summed E-state index contributed by atoms with van der Waals surface area (Å²) in [5.41, 5.74) is 0.517. The van der Waals surface area contributed by atoms with Crippen LogP contribution in [0.5, 0.6) is 0 Å². The van der Waals surface area contributed by atoms with Gasteiger partial charge in [0.05, 0.1) is 0 Å². The zero-order valence-corrected chi connectivity index (χ0v) is 13.3. The van der Waals surface area contributed by atoms with Crippen LogP contribution in [0, 0.1) is 10.8 Å². The van der Waals surface area contributed by atoms with Gasteiger partial charge in [0.15, 0.2) is 0 Å². The molecule has 1 aromatic rings. The average Bonchev–Trinajstić information content (AvgIpc) is 2.22. The molecular formula is C17H26S. The van der Waals surface area contributed by atoms with Crippen LogP contribution in [0.15, 0.2) is 47.4 Å². The van der Waals surface area contributed by atoms with Crippen LogP contribution in [0.25, 0.3) is 0 Å². The summed E-state index contributed by atoms with van der Waals surface area (Å²) in [6.45, 7) is 13.7. The molecule has 0 saturated carbocycles. The number of allylic oxidation sites excluding steroid dienone is 1. The fourth-order valence-corrected chi connectivity index (χ4v) is 2.64. The van der Waals surface area contributed by atoms with Crippen molar-refractivity contribution < 1.29 is 0 Å². The van der Waals surface area contributed by atoms with E-state index >= 15 is 0 Å². The van der Waals surface area contributed by atoms with Crippen molar-refractivity contribution >= 4 is 11.8 Å². The van der Waals surface area contributed by atoms with Crippen LogP contribution < -0.4 is 0 Å². The second-order valence-electron chi connectivity index (χ2n) is 6.94. The van der Waals surface area contributed by atoms with E-state index in [1.54, 1.807) is 0 Å². The second-order valence-corrected chi connectivity index (χ2v) is 8.16. The van der Waals surface area contributed by atoms with Gasteiger partial charge in [-0.2, -0.15) is 0 Å². The molecule has 0 aliphatic carbocycles. The molecule has 0 amide bonds. The third-order valence-corrected chi connectivity index (χ3v) is 4.29. The summed E-state index contributed by atoms with van der Waals surface area (Å²) in [7, 11) is 0. The van der Waals surface area contributed by atoms with E-state index in [9.17, 15) is 0 Å². The van der Waals surface area contributed by atoms with E-state index in [0.29, 0.717) is 5.25 Å². The monoisotopic (exact) mass is 262 g/mol. The number of thioether (sulfide) groups is 1. The smallest absolute Gasteiger partial charge is 0.0323 e. The molecule has 0 aliphatic rings. The molecule has 0 fully saturated rings. The third-order valence-electron chi connectivity index (χ3n) is 2.63. The molecule has 0 aliphatic heterocycles. The first-order valence-corrected chi connectivity index (χ1v) is 7.47. The largest absolute Gasteiger partial charge is 0.118 e. The topological polar surface area (TPSA) is 0 Å². The van der Waals surface area contributed by atoms with Crippen molar-refractivity contribution in [1.82, 2.24) is 0 Å². The predicted molar refractivity (Wildman–Crippen MR) is 84.1 cm³/mol. The van der Waals surface area contributed by atoms with E-state index < -0.39 is 0 Å². The van der Waals surface area contributed by atoms with E-state index in [1.165, 1.54) is 4.90 Å². The lowest BCUT2D eigenvalue weighted by Gasteiger charge is -2.28. The summed E-state index contributed by atoms with van der Waals surface area (Å²) < 4.78 is 0. The van der Waals surface area contributed by atoms with Crippen LogP contribution in [0.3, 0.4) is 0 Å². The summed E-state index contributed by atoms with van der Waals surface area (Å²) >= 11 is 1.95. The lowest BCUT2D eigenvalue weighted by molar-refractivity contribution is 0.428. The molecule has 1 aromatic carbocycles. The van der Waals surface area contributed by atoms with Gasteiger partial charge < -0.3 is 0 Å². The molecule has 0 nitrogen and oxygen atoms in total. The predicted octanol–water partition coefficient (Wildman–Crippen LogP) is 5.80. The Morgan fingerprint density at radius 1 is 0.944 bits per heavy atom. The summed E-state index contributed by atoms with van der Waals surface area (Å²) in [5, 5.41) is 0.499. The highest BCUT2D eigenvalue weighted by Crippen LogP contribution is 2.36. The maximum Gasteiger partial charge on any atom is 0.0323 e. The van der Waals surface area contributed by atoms with E-state index in [2.05, 4.69) is 84.0 Å². The van der Waals surface area contributed by atoms with Crippen LogP contribution in [-0.2, 0) is 0 Å². The van der Waals surface area contributed by atoms with Crippen molar-refractivity contribution in [2.45, 2.75) is 51.7 Å².